The third-order valence-electron chi connectivity index (χ3n) is 4.99. The molecule has 23 heavy (non-hydrogen) atoms. The summed E-state index contributed by atoms with van der Waals surface area (Å²) in [5.74, 6) is 1.87. The molecule has 3 rings (SSSR count). The van der Waals surface area contributed by atoms with E-state index in [1.165, 1.54) is 5.57 Å². The van der Waals surface area contributed by atoms with Gasteiger partial charge in [-0.05, 0) is 49.8 Å². The van der Waals surface area contributed by atoms with Crippen LogP contribution < -0.4 is 9.47 Å². The zero-order valence-corrected chi connectivity index (χ0v) is 14.4. The molecule has 124 valence electrons. The molecule has 1 aromatic carbocycles. The van der Waals surface area contributed by atoms with Crippen molar-refractivity contribution in [3.63, 3.8) is 0 Å². The molecule has 4 nitrogen and oxygen atoms in total. The molecular formula is C19H24O4. The number of fused-ring (bicyclic) bond motifs is 1. The second-order valence-electron chi connectivity index (χ2n) is 7.32. The zero-order chi connectivity index (χ0) is 16.8. The van der Waals surface area contributed by atoms with Gasteiger partial charge in [-0.1, -0.05) is 25.5 Å². The summed E-state index contributed by atoms with van der Waals surface area (Å²) < 4.78 is 16.2. The Labute approximate surface area is 137 Å². The molecule has 0 amide bonds. The van der Waals surface area contributed by atoms with E-state index < -0.39 is 0 Å². The number of hydrogen-bond donors (Lipinski definition) is 0. The standard InChI is InChI=1S/C19H24O4/c1-11(2)6-14-15(19(14,4)5)9-21-18(20)13-8-17-16(7-12(13)3)22-10-23-17/h6-8,14-15H,9-10H2,1-5H3. The van der Waals surface area contributed by atoms with Gasteiger partial charge in [0, 0.05) is 5.92 Å². The van der Waals surface area contributed by atoms with Crippen LogP contribution in [0.4, 0.5) is 0 Å². The molecule has 0 saturated heterocycles. The Morgan fingerprint density at radius 3 is 2.61 bits per heavy atom. The van der Waals surface area contributed by atoms with Crippen molar-refractivity contribution in [2.45, 2.75) is 34.6 Å². The monoisotopic (exact) mass is 316 g/mol. The van der Waals surface area contributed by atoms with Crippen molar-refractivity contribution in [3.05, 3.63) is 34.9 Å². The first-order valence-corrected chi connectivity index (χ1v) is 8.03. The molecule has 2 unspecified atom stereocenters. The van der Waals surface area contributed by atoms with Gasteiger partial charge in [-0.2, -0.15) is 0 Å². The third-order valence-corrected chi connectivity index (χ3v) is 4.99. The topological polar surface area (TPSA) is 44.8 Å². The third kappa shape index (κ3) is 2.94. The van der Waals surface area contributed by atoms with Gasteiger partial charge in [0.05, 0.1) is 12.2 Å². The van der Waals surface area contributed by atoms with Gasteiger partial charge in [0.25, 0.3) is 0 Å². The van der Waals surface area contributed by atoms with Crippen LogP contribution in [0.3, 0.4) is 0 Å². The van der Waals surface area contributed by atoms with Crippen LogP contribution in [-0.2, 0) is 4.74 Å². The Kier molecular flexibility index (Phi) is 3.86. The summed E-state index contributed by atoms with van der Waals surface area (Å²) in [6.45, 7) is 11.2. The molecular weight excluding hydrogens is 292 g/mol. The van der Waals surface area contributed by atoms with Crippen LogP contribution >= 0.6 is 0 Å². The van der Waals surface area contributed by atoms with Gasteiger partial charge in [0.15, 0.2) is 11.5 Å². The van der Waals surface area contributed by atoms with Crippen LogP contribution in [0.15, 0.2) is 23.8 Å². The molecule has 1 heterocycles. The molecule has 0 radical (unpaired) electrons. The predicted molar refractivity (Wildman–Crippen MR) is 87.8 cm³/mol. The lowest BCUT2D eigenvalue weighted by Gasteiger charge is -2.09. The minimum absolute atomic E-state index is 0.196. The van der Waals surface area contributed by atoms with Crippen LogP contribution in [0, 0.1) is 24.2 Å². The molecule has 2 aliphatic rings. The number of hydrogen-bond acceptors (Lipinski definition) is 4. The predicted octanol–water partition coefficient (Wildman–Crippen LogP) is 4.12. The zero-order valence-electron chi connectivity index (χ0n) is 14.4. The summed E-state index contributed by atoms with van der Waals surface area (Å²) in [6.07, 6.45) is 2.28. The van der Waals surface area contributed by atoms with Gasteiger partial charge in [-0.3, -0.25) is 0 Å². The number of allylic oxidation sites excluding steroid dienone is 2. The maximum absolute atomic E-state index is 12.4. The van der Waals surface area contributed by atoms with E-state index in [1.54, 1.807) is 6.07 Å². The van der Waals surface area contributed by atoms with E-state index in [0.29, 0.717) is 35.5 Å². The molecule has 1 aromatic rings. The van der Waals surface area contributed by atoms with E-state index in [1.807, 2.05) is 13.0 Å². The highest BCUT2D eigenvalue weighted by Gasteiger charge is 2.56. The Balaban J connectivity index is 1.66. The van der Waals surface area contributed by atoms with Crippen molar-refractivity contribution in [3.8, 4) is 11.5 Å². The number of aryl methyl sites for hydroxylation is 1. The van der Waals surface area contributed by atoms with E-state index >= 15 is 0 Å². The van der Waals surface area contributed by atoms with Gasteiger partial charge in [-0.25, -0.2) is 4.79 Å². The van der Waals surface area contributed by atoms with E-state index in [9.17, 15) is 4.79 Å². The molecule has 0 spiro atoms. The number of ether oxygens (including phenoxy) is 3. The van der Waals surface area contributed by atoms with Crippen molar-refractivity contribution >= 4 is 5.97 Å². The van der Waals surface area contributed by atoms with Crippen molar-refractivity contribution in [2.75, 3.05) is 13.4 Å². The molecule has 1 fully saturated rings. The number of carbonyl (C=O) groups excluding carboxylic acids is 1. The number of rotatable bonds is 4. The average molecular weight is 316 g/mol. The summed E-state index contributed by atoms with van der Waals surface area (Å²) in [6, 6.07) is 3.54. The Morgan fingerprint density at radius 1 is 1.30 bits per heavy atom. The van der Waals surface area contributed by atoms with Gasteiger partial charge >= 0.3 is 5.97 Å². The lowest BCUT2D eigenvalue weighted by atomic mass is 10.1. The van der Waals surface area contributed by atoms with Crippen LogP contribution in [-0.4, -0.2) is 19.4 Å². The minimum atomic E-state index is -0.292. The van der Waals surface area contributed by atoms with Crippen LogP contribution in [0.5, 0.6) is 11.5 Å². The SMILES string of the molecule is CC(C)=CC1C(COC(=O)c2cc3c(cc2C)OCO3)C1(C)C. The Bertz CT molecular complexity index is 668. The van der Waals surface area contributed by atoms with Crippen LogP contribution in [0.1, 0.15) is 43.6 Å². The molecule has 1 aliphatic heterocycles. The van der Waals surface area contributed by atoms with Gasteiger partial charge < -0.3 is 14.2 Å². The maximum Gasteiger partial charge on any atom is 0.338 e. The fourth-order valence-electron chi connectivity index (χ4n) is 3.30. The maximum atomic E-state index is 12.4. The van der Waals surface area contributed by atoms with E-state index in [4.69, 9.17) is 14.2 Å². The lowest BCUT2D eigenvalue weighted by molar-refractivity contribution is 0.0470. The van der Waals surface area contributed by atoms with Crippen LogP contribution in [0.2, 0.25) is 0 Å². The molecule has 4 heteroatoms. The largest absolute Gasteiger partial charge is 0.462 e. The minimum Gasteiger partial charge on any atom is -0.462 e. The first-order chi connectivity index (χ1) is 10.8. The lowest BCUT2D eigenvalue weighted by Crippen LogP contribution is -2.11. The highest BCUT2D eigenvalue weighted by Crippen LogP contribution is 2.59. The average Bonchev–Trinajstić information content (AvgIpc) is 2.82. The highest BCUT2D eigenvalue weighted by molar-refractivity contribution is 5.92. The number of benzene rings is 1. The van der Waals surface area contributed by atoms with Gasteiger partial charge in [-0.15, -0.1) is 0 Å². The van der Waals surface area contributed by atoms with Crippen molar-refractivity contribution in [1.29, 1.82) is 0 Å². The normalized spacial score (nSPS) is 23.3. The summed E-state index contributed by atoms with van der Waals surface area (Å²) in [5, 5.41) is 0. The fraction of sp³-hybridized carbons (Fsp3) is 0.526. The quantitative estimate of drug-likeness (QED) is 0.619. The van der Waals surface area contributed by atoms with Gasteiger partial charge in [0.2, 0.25) is 6.79 Å². The van der Waals surface area contributed by atoms with Crippen LogP contribution in [0.25, 0.3) is 0 Å². The fourth-order valence-corrected chi connectivity index (χ4v) is 3.30. The Morgan fingerprint density at radius 2 is 1.96 bits per heavy atom. The van der Waals surface area contributed by atoms with E-state index in [-0.39, 0.29) is 18.2 Å². The van der Waals surface area contributed by atoms with Crippen molar-refractivity contribution in [2.24, 2.45) is 17.3 Å². The smallest absolute Gasteiger partial charge is 0.338 e. The molecule has 0 bridgehead atoms. The summed E-state index contributed by atoms with van der Waals surface area (Å²) in [7, 11) is 0. The van der Waals surface area contributed by atoms with E-state index in [0.717, 1.165) is 5.56 Å². The van der Waals surface area contributed by atoms with E-state index in [2.05, 4.69) is 33.8 Å². The highest BCUT2D eigenvalue weighted by atomic mass is 16.7. The van der Waals surface area contributed by atoms with Crippen molar-refractivity contribution in [1.82, 2.24) is 0 Å². The Hall–Kier alpha value is -1.97. The second kappa shape index (κ2) is 5.59. The summed E-state index contributed by atoms with van der Waals surface area (Å²) >= 11 is 0. The molecule has 1 aliphatic carbocycles. The van der Waals surface area contributed by atoms with Crippen molar-refractivity contribution < 1.29 is 19.0 Å². The molecule has 0 N–H and O–H groups in total. The number of carbonyl (C=O) groups is 1. The summed E-state index contributed by atoms with van der Waals surface area (Å²) in [4.78, 5) is 12.4. The molecule has 0 aromatic heterocycles. The van der Waals surface area contributed by atoms with Gasteiger partial charge in [0.1, 0.15) is 0 Å². The number of esters is 1. The molecule has 1 saturated carbocycles. The molecule has 2 atom stereocenters. The second-order valence-corrected chi connectivity index (χ2v) is 7.32. The first-order valence-electron chi connectivity index (χ1n) is 8.03. The first kappa shape index (κ1) is 15.9. The summed E-state index contributed by atoms with van der Waals surface area (Å²) in [5.41, 5.74) is 2.90.